The fourth-order valence-corrected chi connectivity index (χ4v) is 2.64. The molecule has 0 bridgehead atoms. The van der Waals surface area contributed by atoms with Gasteiger partial charge in [0, 0.05) is 38.3 Å². The van der Waals surface area contributed by atoms with Gasteiger partial charge in [-0.1, -0.05) is 12.1 Å². The van der Waals surface area contributed by atoms with Crippen LogP contribution >= 0.6 is 0 Å². The third-order valence-electron chi connectivity index (χ3n) is 3.78. The molecule has 0 fully saturated rings. The first-order valence-electron chi connectivity index (χ1n) is 6.79. The Morgan fingerprint density at radius 1 is 1.16 bits per heavy atom. The lowest BCUT2D eigenvalue weighted by Gasteiger charge is -2.14. The van der Waals surface area contributed by atoms with E-state index >= 15 is 0 Å². The molecule has 0 spiro atoms. The van der Waals surface area contributed by atoms with Crippen LogP contribution in [0.2, 0.25) is 0 Å². The van der Waals surface area contributed by atoms with Crippen molar-refractivity contribution in [2.75, 3.05) is 24.7 Å². The molecular weight excluding hydrogens is 236 g/mol. The Balaban J connectivity index is 2.00. The van der Waals surface area contributed by atoms with Gasteiger partial charge in [-0.3, -0.25) is 0 Å². The minimum Gasteiger partial charge on any atom is -0.383 e. The lowest BCUT2D eigenvalue weighted by Crippen LogP contribution is -2.12. The zero-order chi connectivity index (χ0) is 13.4. The molecule has 0 atom stereocenters. The highest BCUT2D eigenvalue weighted by Crippen LogP contribution is 2.30. The van der Waals surface area contributed by atoms with Gasteiger partial charge in [0.25, 0.3) is 0 Å². The second-order valence-corrected chi connectivity index (χ2v) is 5.31. The molecule has 1 aromatic carbocycles. The molecule has 4 heteroatoms. The van der Waals surface area contributed by atoms with Gasteiger partial charge in [0.2, 0.25) is 0 Å². The fraction of sp³-hybridized carbons (Fsp3) is 0.400. The highest BCUT2D eigenvalue weighted by Gasteiger charge is 2.18. The molecule has 19 heavy (non-hydrogen) atoms. The Kier molecular flexibility index (Phi) is 2.93. The molecule has 0 radical (unpaired) electrons. The summed E-state index contributed by atoms with van der Waals surface area (Å²) in [6, 6.07) is 8.40. The minimum atomic E-state index is 0.812. The number of anilines is 2. The van der Waals surface area contributed by atoms with E-state index in [0.29, 0.717) is 0 Å². The molecule has 1 aromatic heterocycles. The van der Waals surface area contributed by atoms with E-state index in [0.717, 1.165) is 35.9 Å². The van der Waals surface area contributed by atoms with Crippen LogP contribution in [0.1, 0.15) is 18.7 Å². The highest BCUT2D eigenvalue weighted by atomic mass is 15.1. The van der Waals surface area contributed by atoms with E-state index in [1.165, 1.54) is 18.5 Å². The van der Waals surface area contributed by atoms with Crippen LogP contribution in [-0.4, -0.2) is 23.6 Å². The summed E-state index contributed by atoms with van der Waals surface area (Å²) >= 11 is 0. The lowest BCUT2D eigenvalue weighted by molar-refractivity contribution is 0.527. The number of nitrogen functional groups attached to an aromatic ring is 1. The first-order chi connectivity index (χ1) is 9.16. The number of benzene rings is 1. The normalized spacial score (nSPS) is 14.2. The molecule has 100 valence electrons. The third-order valence-corrected chi connectivity index (χ3v) is 3.78. The smallest absolute Gasteiger partial charge is 0.131 e. The van der Waals surface area contributed by atoms with E-state index in [1.54, 1.807) is 0 Å². The number of aromatic nitrogens is 2. The van der Waals surface area contributed by atoms with E-state index in [2.05, 4.69) is 33.7 Å². The van der Waals surface area contributed by atoms with Crippen molar-refractivity contribution < 1.29 is 0 Å². The van der Waals surface area contributed by atoms with Crippen molar-refractivity contribution in [2.45, 2.75) is 25.8 Å². The van der Waals surface area contributed by atoms with E-state index in [-0.39, 0.29) is 0 Å². The SMILES string of the molecule is CN(C)c1ccc(-c2nc3n(c2N)CCCC3)cc1. The van der Waals surface area contributed by atoms with Crippen molar-refractivity contribution in [3.8, 4) is 11.3 Å². The summed E-state index contributed by atoms with van der Waals surface area (Å²) in [7, 11) is 4.08. The van der Waals surface area contributed by atoms with Crippen LogP contribution in [0.15, 0.2) is 24.3 Å². The lowest BCUT2D eigenvalue weighted by atomic mass is 10.1. The molecule has 0 amide bonds. The van der Waals surface area contributed by atoms with Crippen molar-refractivity contribution in [3.63, 3.8) is 0 Å². The molecule has 2 heterocycles. The summed E-state index contributed by atoms with van der Waals surface area (Å²) in [5.41, 5.74) is 9.46. The van der Waals surface area contributed by atoms with E-state index < -0.39 is 0 Å². The molecule has 0 saturated carbocycles. The molecule has 1 aliphatic rings. The summed E-state index contributed by atoms with van der Waals surface area (Å²) in [5.74, 6) is 1.95. The summed E-state index contributed by atoms with van der Waals surface area (Å²) in [6.07, 6.45) is 3.46. The average Bonchev–Trinajstić information content (AvgIpc) is 2.77. The summed E-state index contributed by atoms with van der Waals surface area (Å²) in [5, 5.41) is 0. The van der Waals surface area contributed by atoms with Crippen molar-refractivity contribution in [1.29, 1.82) is 0 Å². The number of imidazole rings is 1. The first kappa shape index (κ1) is 12.1. The highest BCUT2D eigenvalue weighted by molar-refractivity contribution is 5.72. The monoisotopic (exact) mass is 256 g/mol. The predicted molar refractivity (Wildman–Crippen MR) is 79.3 cm³/mol. The summed E-state index contributed by atoms with van der Waals surface area (Å²) in [6.45, 7) is 1.00. The summed E-state index contributed by atoms with van der Waals surface area (Å²) < 4.78 is 2.17. The van der Waals surface area contributed by atoms with Crippen LogP contribution in [0.4, 0.5) is 11.5 Å². The van der Waals surface area contributed by atoms with Crippen molar-refractivity contribution in [2.24, 2.45) is 0 Å². The van der Waals surface area contributed by atoms with Gasteiger partial charge in [-0.25, -0.2) is 4.98 Å². The molecule has 2 N–H and O–H groups in total. The van der Waals surface area contributed by atoms with E-state index in [9.17, 15) is 0 Å². The Hall–Kier alpha value is -1.97. The van der Waals surface area contributed by atoms with E-state index in [1.807, 2.05) is 14.1 Å². The van der Waals surface area contributed by atoms with Crippen LogP contribution in [0.3, 0.4) is 0 Å². The third kappa shape index (κ3) is 2.07. The average molecular weight is 256 g/mol. The maximum Gasteiger partial charge on any atom is 0.131 e. The quantitative estimate of drug-likeness (QED) is 0.898. The minimum absolute atomic E-state index is 0.812. The molecule has 3 rings (SSSR count). The van der Waals surface area contributed by atoms with E-state index in [4.69, 9.17) is 10.7 Å². The topological polar surface area (TPSA) is 47.1 Å². The number of nitrogens with two attached hydrogens (primary N) is 1. The van der Waals surface area contributed by atoms with Crippen LogP contribution in [0, 0.1) is 0 Å². The molecular formula is C15H20N4. The maximum absolute atomic E-state index is 6.24. The standard InChI is InChI=1S/C15H20N4/c1-18(2)12-8-6-11(7-9-12)14-15(16)19-10-4-3-5-13(19)17-14/h6-9H,3-5,10,16H2,1-2H3. The number of hydrogen-bond donors (Lipinski definition) is 1. The Labute approximate surface area is 113 Å². The molecule has 0 unspecified atom stereocenters. The molecule has 2 aromatic rings. The number of aryl methyl sites for hydroxylation is 1. The Bertz CT molecular complexity index is 581. The predicted octanol–water partition coefficient (Wildman–Crippen LogP) is 2.53. The van der Waals surface area contributed by atoms with Gasteiger partial charge >= 0.3 is 0 Å². The van der Waals surface area contributed by atoms with Gasteiger partial charge in [-0.2, -0.15) is 0 Å². The van der Waals surface area contributed by atoms with Gasteiger partial charge in [0.15, 0.2) is 0 Å². The first-order valence-corrected chi connectivity index (χ1v) is 6.79. The van der Waals surface area contributed by atoms with Crippen LogP contribution in [0.5, 0.6) is 0 Å². The zero-order valence-corrected chi connectivity index (χ0v) is 11.6. The number of rotatable bonds is 2. The summed E-state index contributed by atoms with van der Waals surface area (Å²) in [4.78, 5) is 6.81. The molecule has 0 aliphatic carbocycles. The number of fused-ring (bicyclic) bond motifs is 1. The van der Waals surface area contributed by atoms with Crippen molar-refractivity contribution in [3.05, 3.63) is 30.1 Å². The Morgan fingerprint density at radius 2 is 1.89 bits per heavy atom. The fourth-order valence-electron chi connectivity index (χ4n) is 2.64. The second kappa shape index (κ2) is 4.61. The van der Waals surface area contributed by atoms with Gasteiger partial charge in [-0.05, 0) is 25.0 Å². The van der Waals surface area contributed by atoms with Crippen molar-refractivity contribution in [1.82, 2.24) is 9.55 Å². The number of hydrogen-bond acceptors (Lipinski definition) is 3. The molecule has 0 saturated heterocycles. The van der Waals surface area contributed by atoms with Gasteiger partial charge in [0.05, 0.1) is 0 Å². The van der Waals surface area contributed by atoms with Crippen LogP contribution in [0.25, 0.3) is 11.3 Å². The van der Waals surface area contributed by atoms with Crippen molar-refractivity contribution >= 4 is 11.5 Å². The van der Waals surface area contributed by atoms with Crippen LogP contribution < -0.4 is 10.6 Å². The molecule has 1 aliphatic heterocycles. The second-order valence-electron chi connectivity index (χ2n) is 5.31. The molecule has 4 nitrogen and oxygen atoms in total. The number of nitrogens with zero attached hydrogens (tertiary/aromatic N) is 3. The largest absolute Gasteiger partial charge is 0.383 e. The zero-order valence-electron chi connectivity index (χ0n) is 11.6. The van der Waals surface area contributed by atoms with Gasteiger partial charge < -0.3 is 15.2 Å². The van der Waals surface area contributed by atoms with Crippen LogP contribution in [-0.2, 0) is 13.0 Å². The van der Waals surface area contributed by atoms with Gasteiger partial charge in [0.1, 0.15) is 17.3 Å². The van der Waals surface area contributed by atoms with Gasteiger partial charge in [-0.15, -0.1) is 0 Å². The Morgan fingerprint density at radius 3 is 2.53 bits per heavy atom. The maximum atomic E-state index is 6.24.